The summed E-state index contributed by atoms with van der Waals surface area (Å²) >= 11 is 0. The van der Waals surface area contributed by atoms with Gasteiger partial charge in [0.05, 0.1) is 11.5 Å². The second-order valence-electron chi connectivity index (χ2n) is 12.6. The van der Waals surface area contributed by atoms with E-state index in [0.717, 1.165) is 12.8 Å². The maximum Gasteiger partial charge on any atom is 0.296 e. The average molecular weight is 645 g/mol. The lowest BCUT2D eigenvalue weighted by Crippen LogP contribution is -2.21. The molecule has 0 fully saturated rings. The summed E-state index contributed by atoms with van der Waals surface area (Å²) in [6, 6.07) is 39.2. The molecule has 0 heterocycles. The lowest BCUT2D eigenvalue weighted by molar-refractivity contribution is 0.306. The van der Waals surface area contributed by atoms with Crippen LogP contribution in [0.2, 0.25) is 0 Å². The number of hydrogen-bond acceptors (Lipinski definition) is 3. The van der Waals surface area contributed by atoms with Gasteiger partial charge in [0, 0.05) is 0 Å². The SMILES string of the molecule is CC(C)(C)c1ccc(P(c2ccccc2)c2ccccc2)cc1.CCCCCCCCCCCCOS(=O)(=O)c1ccccc1. The van der Waals surface area contributed by atoms with Crippen molar-refractivity contribution < 1.29 is 12.6 Å². The Balaban J connectivity index is 0.000000246. The zero-order chi connectivity index (χ0) is 32.4. The summed E-state index contributed by atoms with van der Waals surface area (Å²) < 4.78 is 28.8. The fourth-order valence-corrected chi connectivity index (χ4v) is 8.37. The van der Waals surface area contributed by atoms with Crippen molar-refractivity contribution in [3.05, 3.63) is 121 Å². The highest BCUT2D eigenvalue weighted by molar-refractivity contribution is 7.86. The molecule has 0 saturated carbocycles. The Morgan fingerprint density at radius 2 is 0.933 bits per heavy atom. The zero-order valence-electron chi connectivity index (χ0n) is 27.8. The molecule has 0 saturated heterocycles. The molecule has 45 heavy (non-hydrogen) atoms. The third-order valence-electron chi connectivity index (χ3n) is 7.79. The van der Waals surface area contributed by atoms with Crippen molar-refractivity contribution in [2.45, 2.75) is 102 Å². The summed E-state index contributed by atoms with van der Waals surface area (Å²) in [5, 5.41) is 4.21. The van der Waals surface area contributed by atoms with Crippen molar-refractivity contribution in [2.24, 2.45) is 0 Å². The third kappa shape index (κ3) is 13.2. The van der Waals surface area contributed by atoms with Gasteiger partial charge in [0.2, 0.25) is 0 Å². The van der Waals surface area contributed by atoms with Crippen LogP contribution in [0.4, 0.5) is 0 Å². The fourth-order valence-electron chi connectivity index (χ4n) is 5.13. The van der Waals surface area contributed by atoms with Crippen molar-refractivity contribution in [3.8, 4) is 0 Å². The van der Waals surface area contributed by atoms with E-state index in [1.807, 2.05) is 0 Å². The van der Waals surface area contributed by atoms with Crippen LogP contribution < -0.4 is 15.9 Å². The number of unbranched alkanes of at least 4 members (excludes halogenated alkanes) is 9. The quantitative estimate of drug-likeness (QED) is 0.0693. The van der Waals surface area contributed by atoms with Crippen LogP contribution >= 0.6 is 7.92 Å². The Labute approximate surface area is 275 Å². The normalized spacial score (nSPS) is 11.7. The Morgan fingerprint density at radius 3 is 1.38 bits per heavy atom. The van der Waals surface area contributed by atoms with Gasteiger partial charge in [-0.15, -0.1) is 0 Å². The minimum atomic E-state index is -3.57. The second-order valence-corrected chi connectivity index (χ2v) is 16.4. The third-order valence-corrected chi connectivity index (χ3v) is 11.6. The van der Waals surface area contributed by atoms with Crippen LogP contribution in [0.1, 0.15) is 97.5 Å². The highest BCUT2D eigenvalue weighted by Gasteiger charge is 2.18. The molecule has 0 amide bonds. The van der Waals surface area contributed by atoms with E-state index in [0.29, 0.717) is 0 Å². The molecule has 0 spiro atoms. The van der Waals surface area contributed by atoms with E-state index >= 15 is 0 Å². The lowest BCUT2D eigenvalue weighted by Gasteiger charge is -2.22. The first-order chi connectivity index (χ1) is 21.7. The van der Waals surface area contributed by atoms with Crippen molar-refractivity contribution in [1.82, 2.24) is 0 Å². The fraction of sp³-hybridized carbons (Fsp3) is 0.400. The minimum Gasteiger partial charge on any atom is -0.266 e. The predicted molar refractivity (Wildman–Crippen MR) is 195 cm³/mol. The zero-order valence-corrected chi connectivity index (χ0v) is 29.5. The van der Waals surface area contributed by atoms with Gasteiger partial charge in [-0.3, -0.25) is 4.18 Å². The molecule has 0 N–H and O–H groups in total. The van der Waals surface area contributed by atoms with Crippen LogP contribution in [0.25, 0.3) is 0 Å². The first-order valence-corrected chi connectivity index (χ1v) is 19.4. The Bertz CT molecular complexity index is 1390. The Morgan fingerprint density at radius 1 is 0.533 bits per heavy atom. The Hall–Kier alpha value is -2.78. The molecule has 242 valence electrons. The molecule has 0 aliphatic heterocycles. The van der Waals surface area contributed by atoms with E-state index in [2.05, 4.69) is 113 Å². The van der Waals surface area contributed by atoms with Gasteiger partial charge in [0.15, 0.2) is 0 Å². The molecular weight excluding hydrogens is 591 g/mol. The predicted octanol–water partition coefficient (Wildman–Crippen LogP) is 10.1. The first-order valence-electron chi connectivity index (χ1n) is 16.7. The van der Waals surface area contributed by atoms with E-state index in [4.69, 9.17) is 4.18 Å². The van der Waals surface area contributed by atoms with Gasteiger partial charge in [-0.1, -0.05) is 189 Å². The molecule has 0 unspecified atom stereocenters. The maximum absolute atomic E-state index is 11.9. The number of benzene rings is 4. The topological polar surface area (TPSA) is 43.4 Å². The van der Waals surface area contributed by atoms with Crippen LogP contribution in [-0.4, -0.2) is 15.0 Å². The van der Waals surface area contributed by atoms with Crippen LogP contribution in [0.5, 0.6) is 0 Å². The molecule has 0 aliphatic carbocycles. The highest BCUT2D eigenvalue weighted by Crippen LogP contribution is 2.33. The summed E-state index contributed by atoms with van der Waals surface area (Å²) in [6.45, 7) is 9.31. The van der Waals surface area contributed by atoms with E-state index in [9.17, 15) is 8.42 Å². The first kappa shape index (κ1) is 36.7. The Kier molecular flexibility index (Phi) is 16.0. The molecule has 4 aromatic carbocycles. The van der Waals surface area contributed by atoms with Crippen LogP contribution in [-0.2, 0) is 19.7 Å². The minimum absolute atomic E-state index is 0.195. The summed E-state index contributed by atoms with van der Waals surface area (Å²) in [4.78, 5) is 0.238. The van der Waals surface area contributed by atoms with Gasteiger partial charge in [-0.2, -0.15) is 8.42 Å². The van der Waals surface area contributed by atoms with Crippen molar-refractivity contribution in [2.75, 3.05) is 6.61 Å². The molecular formula is C40H53O3PS. The van der Waals surface area contributed by atoms with E-state index in [1.165, 1.54) is 72.8 Å². The summed E-state index contributed by atoms with van der Waals surface area (Å²) in [6.07, 6.45) is 12.3. The molecule has 0 atom stereocenters. The molecule has 4 aromatic rings. The molecule has 4 rings (SSSR count). The largest absolute Gasteiger partial charge is 0.296 e. The van der Waals surface area contributed by atoms with Gasteiger partial charge >= 0.3 is 0 Å². The van der Waals surface area contributed by atoms with Gasteiger partial charge in [-0.25, -0.2) is 0 Å². The molecule has 0 bridgehead atoms. The van der Waals surface area contributed by atoms with Crippen molar-refractivity contribution in [1.29, 1.82) is 0 Å². The molecule has 3 nitrogen and oxygen atoms in total. The molecule has 0 aliphatic rings. The average Bonchev–Trinajstić information content (AvgIpc) is 3.05. The molecule has 0 radical (unpaired) electrons. The van der Waals surface area contributed by atoms with Gasteiger partial charge in [-0.05, 0) is 53.4 Å². The molecule has 0 aromatic heterocycles. The maximum atomic E-state index is 11.9. The molecule has 5 heteroatoms. The van der Waals surface area contributed by atoms with E-state index < -0.39 is 18.0 Å². The van der Waals surface area contributed by atoms with Crippen molar-refractivity contribution >= 4 is 34.0 Å². The number of hydrogen-bond donors (Lipinski definition) is 0. The summed E-state index contributed by atoms with van der Waals surface area (Å²) in [5.74, 6) is 0. The second kappa shape index (κ2) is 19.7. The van der Waals surface area contributed by atoms with Crippen LogP contribution in [0.3, 0.4) is 0 Å². The van der Waals surface area contributed by atoms with Gasteiger partial charge in [0.1, 0.15) is 0 Å². The van der Waals surface area contributed by atoms with E-state index in [-0.39, 0.29) is 16.9 Å². The van der Waals surface area contributed by atoms with Crippen molar-refractivity contribution in [3.63, 3.8) is 0 Å². The monoisotopic (exact) mass is 644 g/mol. The van der Waals surface area contributed by atoms with Crippen LogP contribution in [0.15, 0.2) is 120 Å². The smallest absolute Gasteiger partial charge is 0.266 e. The summed E-state index contributed by atoms with van der Waals surface area (Å²) in [7, 11) is -4.06. The standard InChI is InChI=1S/C22H23P.C18H30O3S/c1-22(2,3)18-14-16-21(17-15-18)23(19-10-6-4-7-11-19)20-12-8-5-9-13-20;1-2-3-4-5-6-7-8-9-10-14-17-21-22(19,20)18-15-12-11-13-16-18/h4-17H,1-3H3;11-13,15-16H,2-10,14,17H2,1H3. The van der Waals surface area contributed by atoms with Crippen LogP contribution in [0, 0.1) is 0 Å². The van der Waals surface area contributed by atoms with Gasteiger partial charge in [0.25, 0.3) is 10.1 Å². The number of rotatable bonds is 16. The summed E-state index contributed by atoms with van der Waals surface area (Å²) in [5.41, 5.74) is 1.58. The van der Waals surface area contributed by atoms with Gasteiger partial charge < -0.3 is 0 Å². The highest BCUT2D eigenvalue weighted by atomic mass is 32.2. The van der Waals surface area contributed by atoms with E-state index in [1.54, 1.807) is 30.3 Å². The lowest BCUT2D eigenvalue weighted by atomic mass is 9.87.